The lowest BCUT2D eigenvalue weighted by Gasteiger charge is -2.18. The highest BCUT2D eigenvalue weighted by molar-refractivity contribution is 5.35. The van der Waals surface area contributed by atoms with Gasteiger partial charge in [0.25, 0.3) is 0 Å². The van der Waals surface area contributed by atoms with Gasteiger partial charge in [-0.2, -0.15) is 0 Å². The van der Waals surface area contributed by atoms with Gasteiger partial charge in [0.2, 0.25) is 0 Å². The smallest absolute Gasteiger partial charge is 0.0148 e. The van der Waals surface area contributed by atoms with Crippen LogP contribution in [-0.4, -0.2) is 12.6 Å². The van der Waals surface area contributed by atoms with Crippen molar-refractivity contribution in [3.05, 3.63) is 70.8 Å². The van der Waals surface area contributed by atoms with E-state index < -0.39 is 0 Å². The monoisotopic (exact) mass is 279 g/mol. The van der Waals surface area contributed by atoms with Crippen LogP contribution in [0.3, 0.4) is 0 Å². The maximum absolute atomic E-state index is 3.65. The molecular formula is C20H25N. The van der Waals surface area contributed by atoms with Gasteiger partial charge < -0.3 is 5.32 Å². The largest absolute Gasteiger partial charge is 0.314 e. The Morgan fingerprint density at radius 3 is 2.48 bits per heavy atom. The van der Waals surface area contributed by atoms with E-state index in [1.54, 1.807) is 11.1 Å². The van der Waals surface area contributed by atoms with Gasteiger partial charge in [0.05, 0.1) is 0 Å². The van der Waals surface area contributed by atoms with E-state index in [1.165, 1.54) is 30.4 Å². The lowest BCUT2D eigenvalue weighted by Crippen LogP contribution is -2.33. The van der Waals surface area contributed by atoms with Crippen molar-refractivity contribution in [1.82, 2.24) is 5.32 Å². The van der Waals surface area contributed by atoms with Gasteiger partial charge in [-0.1, -0.05) is 55.5 Å². The van der Waals surface area contributed by atoms with Gasteiger partial charge in [-0.3, -0.25) is 0 Å². The van der Waals surface area contributed by atoms with Gasteiger partial charge in [-0.05, 0) is 60.9 Å². The molecule has 3 rings (SSSR count). The third-order valence-electron chi connectivity index (χ3n) is 4.46. The average molecular weight is 279 g/mol. The van der Waals surface area contributed by atoms with Crippen molar-refractivity contribution in [3.63, 3.8) is 0 Å². The Bertz CT molecular complexity index is 574. The fourth-order valence-electron chi connectivity index (χ4n) is 3.44. The molecule has 0 fully saturated rings. The molecule has 1 atom stereocenters. The Balaban J connectivity index is 1.70. The zero-order valence-corrected chi connectivity index (χ0v) is 12.9. The molecule has 0 saturated heterocycles. The minimum Gasteiger partial charge on any atom is -0.314 e. The van der Waals surface area contributed by atoms with Crippen LogP contribution in [0, 0.1) is 0 Å². The van der Waals surface area contributed by atoms with Gasteiger partial charge in [-0.25, -0.2) is 0 Å². The second-order valence-electron chi connectivity index (χ2n) is 6.11. The summed E-state index contributed by atoms with van der Waals surface area (Å²) in [6, 6.07) is 18.5. The third-order valence-corrected chi connectivity index (χ3v) is 4.46. The van der Waals surface area contributed by atoms with E-state index in [2.05, 4.69) is 60.8 Å². The van der Waals surface area contributed by atoms with Crippen LogP contribution in [0.5, 0.6) is 0 Å². The molecule has 0 amide bonds. The maximum Gasteiger partial charge on any atom is 0.0148 e. The fraction of sp³-hybridized carbons (Fsp3) is 0.400. The summed E-state index contributed by atoms with van der Waals surface area (Å²) in [5.41, 5.74) is 6.06. The van der Waals surface area contributed by atoms with Crippen molar-refractivity contribution in [2.75, 3.05) is 6.54 Å². The van der Waals surface area contributed by atoms with E-state index in [4.69, 9.17) is 0 Å². The van der Waals surface area contributed by atoms with Gasteiger partial charge >= 0.3 is 0 Å². The Morgan fingerprint density at radius 2 is 1.67 bits per heavy atom. The summed E-state index contributed by atoms with van der Waals surface area (Å²) >= 11 is 0. The highest BCUT2D eigenvalue weighted by Crippen LogP contribution is 2.23. The minimum atomic E-state index is 0.525. The average Bonchev–Trinajstić information content (AvgIpc) is 2.96. The number of hydrogen-bond acceptors (Lipinski definition) is 1. The number of rotatable bonds is 6. The molecule has 1 aliphatic rings. The number of fused-ring (bicyclic) bond motifs is 1. The SMILES string of the molecule is CCNC(Cc1ccccc1)Cc1ccc2c(c1)CCC2. The van der Waals surface area contributed by atoms with Crippen molar-refractivity contribution >= 4 is 0 Å². The van der Waals surface area contributed by atoms with Crippen LogP contribution < -0.4 is 5.32 Å². The number of likely N-dealkylation sites (N-methyl/N-ethyl adjacent to an activating group) is 1. The molecule has 21 heavy (non-hydrogen) atoms. The Kier molecular flexibility index (Phi) is 4.72. The van der Waals surface area contributed by atoms with Crippen LogP contribution >= 0.6 is 0 Å². The molecule has 0 spiro atoms. The zero-order chi connectivity index (χ0) is 14.5. The molecule has 1 N–H and O–H groups in total. The van der Waals surface area contributed by atoms with Crippen LogP contribution in [0.2, 0.25) is 0 Å². The topological polar surface area (TPSA) is 12.0 Å². The predicted molar refractivity (Wildman–Crippen MR) is 89.8 cm³/mol. The molecule has 0 aromatic heterocycles. The third kappa shape index (κ3) is 3.74. The molecule has 0 heterocycles. The number of nitrogens with one attached hydrogen (secondary N) is 1. The van der Waals surface area contributed by atoms with E-state index in [0.29, 0.717) is 6.04 Å². The maximum atomic E-state index is 3.65. The van der Waals surface area contributed by atoms with Crippen molar-refractivity contribution < 1.29 is 0 Å². The van der Waals surface area contributed by atoms with E-state index in [-0.39, 0.29) is 0 Å². The van der Waals surface area contributed by atoms with Crippen LogP contribution in [0.25, 0.3) is 0 Å². The summed E-state index contributed by atoms with van der Waals surface area (Å²) in [5, 5.41) is 3.65. The fourth-order valence-corrected chi connectivity index (χ4v) is 3.44. The quantitative estimate of drug-likeness (QED) is 0.844. The van der Waals surface area contributed by atoms with Crippen molar-refractivity contribution in [2.24, 2.45) is 0 Å². The molecule has 0 saturated carbocycles. The summed E-state index contributed by atoms with van der Waals surface area (Å²) in [6.07, 6.45) is 6.10. The molecule has 0 bridgehead atoms. The van der Waals surface area contributed by atoms with E-state index in [1.807, 2.05) is 0 Å². The van der Waals surface area contributed by atoms with Crippen LogP contribution in [0.4, 0.5) is 0 Å². The summed E-state index contributed by atoms with van der Waals surface area (Å²) in [5.74, 6) is 0. The highest BCUT2D eigenvalue weighted by atomic mass is 14.9. The molecule has 110 valence electrons. The number of hydrogen-bond donors (Lipinski definition) is 1. The lowest BCUT2D eigenvalue weighted by atomic mass is 9.96. The van der Waals surface area contributed by atoms with Gasteiger partial charge in [0.15, 0.2) is 0 Å². The molecule has 2 aromatic carbocycles. The first kappa shape index (κ1) is 14.3. The lowest BCUT2D eigenvalue weighted by molar-refractivity contribution is 0.521. The molecule has 0 aliphatic heterocycles. The van der Waals surface area contributed by atoms with Crippen molar-refractivity contribution in [1.29, 1.82) is 0 Å². The Labute approximate surface area is 128 Å². The van der Waals surface area contributed by atoms with Gasteiger partial charge in [0, 0.05) is 6.04 Å². The van der Waals surface area contributed by atoms with Crippen molar-refractivity contribution in [3.8, 4) is 0 Å². The van der Waals surface area contributed by atoms with Gasteiger partial charge in [0.1, 0.15) is 0 Å². The molecule has 0 radical (unpaired) electrons. The molecular weight excluding hydrogens is 254 g/mol. The van der Waals surface area contributed by atoms with E-state index in [0.717, 1.165) is 19.4 Å². The molecule has 1 heteroatoms. The second kappa shape index (κ2) is 6.91. The molecule has 2 aromatic rings. The van der Waals surface area contributed by atoms with Gasteiger partial charge in [-0.15, -0.1) is 0 Å². The molecule has 1 aliphatic carbocycles. The molecule has 1 unspecified atom stereocenters. The van der Waals surface area contributed by atoms with Crippen LogP contribution in [-0.2, 0) is 25.7 Å². The van der Waals surface area contributed by atoms with E-state index >= 15 is 0 Å². The first-order chi connectivity index (χ1) is 10.3. The van der Waals surface area contributed by atoms with Crippen LogP contribution in [0.15, 0.2) is 48.5 Å². The minimum absolute atomic E-state index is 0.525. The first-order valence-corrected chi connectivity index (χ1v) is 8.23. The second-order valence-corrected chi connectivity index (χ2v) is 6.11. The van der Waals surface area contributed by atoms with E-state index in [9.17, 15) is 0 Å². The normalized spacial score (nSPS) is 14.9. The summed E-state index contributed by atoms with van der Waals surface area (Å²) in [4.78, 5) is 0. The molecule has 1 nitrogen and oxygen atoms in total. The van der Waals surface area contributed by atoms with Crippen LogP contribution in [0.1, 0.15) is 35.6 Å². The standard InChI is InChI=1S/C20H25N/c1-2-21-20(14-16-7-4-3-5-8-16)15-17-11-12-18-9-6-10-19(18)13-17/h3-5,7-8,11-13,20-21H,2,6,9-10,14-15H2,1H3. The number of benzene rings is 2. The first-order valence-electron chi connectivity index (χ1n) is 8.23. The summed E-state index contributed by atoms with van der Waals surface area (Å²) in [7, 11) is 0. The summed E-state index contributed by atoms with van der Waals surface area (Å²) < 4.78 is 0. The predicted octanol–water partition coefficient (Wildman–Crippen LogP) is 3.94. The summed E-state index contributed by atoms with van der Waals surface area (Å²) in [6.45, 7) is 3.23. The Morgan fingerprint density at radius 1 is 0.905 bits per heavy atom. The Hall–Kier alpha value is -1.60. The zero-order valence-electron chi connectivity index (χ0n) is 12.9. The highest BCUT2D eigenvalue weighted by Gasteiger charge is 2.14. The number of aryl methyl sites for hydroxylation is 2. The van der Waals surface area contributed by atoms with Crippen molar-refractivity contribution in [2.45, 2.75) is 45.1 Å².